The van der Waals surface area contributed by atoms with Crippen molar-refractivity contribution in [3.8, 4) is 0 Å². The summed E-state index contributed by atoms with van der Waals surface area (Å²) in [4.78, 5) is 28.5. The first-order valence-electron chi connectivity index (χ1n) is 9.41. The highest BCUT2D eigenvalue weighted by Crippen LogP contribution is 2.29. The number of hydrogen-bond donors (Lipinski definition) is 0. The predicted octanol–water partition coefficient (Wildman–Crippen LogP) is 3.64. The molecule has 0 unspecified atom stereocenters. The maximum atomic E-state index is 12.9. The molecule has 0 radical (unpaired) electrons. The Labute approximate surface area is 154 Å². The van der Waals surface area contributed by atoms with E-state index in [0.29, 0.717) is 12.8 Å². The third-order valence-electron chi connectivity index (χ3n) is 5.33. The van der Waals surface area contributed by atoms with E-state index in [2.05, 4.69) is 25.1 Å². The molecule has 4 rings (SSSR count). The summed E-state index contributed by atoms with van der Waals surface area (Å²) in [5.74, 6) is 0.328. The van der Waals surface area contributed by atoms with E-state index in [1.165, 1.54) is 11.1 Å². The molecule has 0 saturated carbocycles. The van der Waals surface area contributed by atoms with Crippen LogP contribution in [0.25, 0.3) is 0 Å². The number of aryl methyl sites for hydroxylation is 2. The maximum absolute atomic E-state index is 12.9. The summed E-state index contributed by atoms with van der Waals surface area (Å²) in [6.45, 7) is 3.67. The minimum Gasteiger partial charge on any atom is -0.312 e. The molecule has 2 amide bonds. The Hall–Kier alpha value is -2.62. The van der Waals surface area contributed by atoms with Crippen molar-refractivity contribution in [2.45, 2.75) is 39.0 Å². The second-order valence-electron chi connectivity index (χ2n) is 7.27. The van der Waals surface area contributed by atoms with Crippen LogP contribution in [0.5, 0.6) is 0 Å². The fourth-order valence-electron chi connectivity index (χ4n) is 3.97. The van der Waals surface area contributed by atoms with Gasteiger partial charge in [-0.1, -0.05) is 29.8 Å². The van der Waals surface area contributed by atoms with Crippen LogP contribution >= 0.6 is 0 Å². The van der Waals surface area contributed by atoms with Crippen LogP contribution in [0.3, 0.4) is 0 Å². The SMILES string of the molecule is Cc1ccc2c(c1)CCCN2C(=O)Cc1ccc(N2CCCC2=O)cc1. The number of carbonyl (C=O) groups is 2. The number of amides is 2. The first-order chi connectivity index (χ1) is 12.6. The van der Waals surface area contributed by atoms with E-state index >= 15 is 0 Å². The first kappa shape index (κ1) is 16.8. The molecule has 4 heteroatoms. The molecule has 2 aromatic rings. The normalized spacial score (nSPS) is 16.7. The van der Waals surface area contributed by atoms with E-state index in [4.69, 9.17) is 0 Å². The van der Waals surface area contributed by atoms with Gasteiger partial charge in [-0.15, -0.1) is 0 Å². The molecular weight excluding hydrogens is 324 g/mol. The van der Waals surface area contributed by atoms with Gasteiger partial charge in [-0.25, -0.2) is 0 Å². The second-order valence-corrected chi connectivity index (χ2v) is 7.27. The van der Waals surface area contributed by atoms with Crippen LogP contribution in [0.15, 0.2) is 42.5 Å². The zero-order valence-corrected chi connectivity index (χ0v) is 15.2. The van der Waals surface area contributed by atoms with Gasteiger partial charge in [0.05, 0.1) is 6.42 Å². The van der Waals surface area contributed by atoms with E-state index in [9.17, 15) is 9.59 Å². The van der Waals surface area contributed by atoms with Crippen molar-refractivity contribution >= 4 is 23.2 Å². The third-order valence-corrected chi connectivity index (χ3v) is 5.33. The number of rotatable bonds is 3. The van der Waals surface area contributed by atoms with Crippen LogP contribution in [0.4, 0.5) is 11.4 Å². The highest BCUT2D eigenvalue weighted by molar-refractivity contribution is 5.97. The molecule has 1 saturated heterocycles. The Kier molecular flexibility index (Phi) is 4.49. The average Bonchev–Trinajstić information content (AvgIpc) is 3.07. The molecule has 2 heterocycles. The van der Waals surface area contributed by atoms with E-state index in [1.54, 1.807) is 0 Å². The summed E-state index contributed by atoms with van der Waals surface area (Å²) in [6, 6.07) is 14.2. The van der Waals surface area contributed by atoms with Crippen LogP contribution < -0.4 is 9.80 Å². The Balaban J connectivity index is 1.48. The molecule has 26 heavy (non-hydrogen) atoms. The fraction of sp³-hybridized carbons (Fsp3) is 0.364. The number of hydrogen-bond acceptors (Lipinski definition) is 2. The van der Waals surface area contributed by atoms with Crippen LogP contribution in [0, 0.1) is 6.92 Å². The van der Waals surface area contributed by atoms with E-state index in [0.717, 1.165) is 49.3 Å². The smallest absolute Gasteiger partial charge is 0.231 e. The molecule has 4 nitrogen and oxygen atoms in total. The van der Waals surface area contributed by atoms with Gasteiger partial charge in [0.1, 0.15) is 0 Å². The van der Waals surface area contributed by atoms with Gasteiger partial charge < -0.3 is 9.80 Å². The van der Waals surface area contributed by atoms with E-state index < -0.39 is 0 Å². The molecule has 0 atom stereocenters. The van der Waals surface area contributed by atoms with Gasteiger partial charge in [0.2, 0.25) is 11.8 Å². The molecule has 0 bridgehead atoms. The van der Waals surface area contributed by atoms with Gasteiger partial charge in [0.15, 0.2) is 0 Å². The lowest BCUT2D eigenvalue weighted by molar-refractivity contribution is -0.118. The lowest BCUT2D eigenvalue weighted by atomic mass is 9.99. The predicted molar refractivity (Wildman–Crippen MR) is 104 cm³/mol. The standard InChI is InChI=1S/C22H24N2O2/c1-16-6-11-20-18(14-16)4-2-13-24(20)22(26)15-17-7-9-19(10-8-17)23-12-3-5-21(23)25/h6-11,14H,2-5,12-13,15H2,1H3. The molecule has 0 aromatic heterocycles. The maximum Gasteiger partial charge on any atom is 0.231 e. The van der Waals surface area contributed by atoms with Gasteiger partial charge in [0, 0.05) is 30.9 Å². The van der Waals surface area contributed by atoms with Crippen molar-refractivity contribution in [3.05, 3.63) is 59.2 Å². The molecule has 134 valence electrons. The van der Waals surface area contributed by atoms with Crippen LogP contribution in [-0.4, -0.2) is 24.9 Å². The second kappa shape index (κ2) is 6.94. The van der Waals surface area contributed by atoms with E-state index in [-0.39, 0.29) is 11.8 Å². The lowest BCUT2D eigenvalue weighted by Gasteiger charge is -2.30. The van der Waals surface area contributed by atoms with Crippen molar-refractivity contribution in [1.82, 2.24) is 0 Å². The largest absolute Gasteiger partial charge is 0.312 e. The lowest BCUT2D eigenvalue weighted by Crippen LogP contribution is -2.36. The van der Waals surface area contributed by atoms with Crippen LogP contribution in [0.1, 0.15) is 36.0 Å². The fourth-order valence-corrected chi connectivity index (χ4v) is 3.97. The highest BCUT2D eigenvalue weighted by atomic mass is 16.2. The molecule has 0 aliphatic carbocycles. The summed E-state index contributed by atoms with van der Waals surface area (Å²) < 4.78 is 0. The number of anilines is 2. The summed E-state index contributed by atoms with van der Waals surface area (Å²) in [5, 5.41) is 0. The third kappa shape index (κ3) is 3.24. The van der Waals surface area contributed by atoms with Gasteiger partial charge >= 0.3 is 0 Å². The number of nitrogens with zero attached hydrogens (tertiary/aromatic N) is 2. The monoisotopic (exact) mass is 348 g/mol. The molecule has 1 fully saturated rings. The molecule has 2 aromatic carbocycles. The van der Waals surface area contributed by atoms with Gasteiger partial charge in [0.25, 0.3) is 0 Å². The zero-order valence-electron chi connectivity index (χ0n) is 15.2. The Morgan fingerprint density at radius 3 is 2.50 bits per heavy atom. The number of fused-ring (bicyclic) bond motifs is 1. The summed E-state index contributed by atoms with van der Waals surface area (Å²) in [7, 11) is 0. The van der Waals surface area contributed by atoms with Crippen molar-refractivity contribution in [2.75, 3.05) is 22.9 Å². The minimum absolute atomic E-state index is 0.139. The van der Waals surface area contributed by atoms with Crippen LogP contribution in [-0.2, 0) is 22.4 Å². The van der Waals surface area contributed by atoms with Crippen LogP contribution in [0.2, 0.25) is 0 Å². The summed E-state index contributed by atoms with van der Waals surface area (Å²) in [6.07, 6.45) is 4.00. The zero-order chi connectivity index (χ0) is 18.1. The van der Waals surface area contributed by atoms with Gasteiger partial charge in [-0.3, -0.25) is 9.59 Å². The number of benzene rings is 2. The minimum atomic E-state index is 0.139. The molecule has 0 N–H and O–H groups in total. The van der Waals surface area contributed by atoms with Crippen molar-refractivity contribution in [1.29, 1.82) is 0 Å². The number of carbonyl (C=O) groups excluding carboxylic acids is 2. The summed E-state index contributed by atoms with van der Waals surface area (Å²) in [5.41, 5.74) is 5.50. The summed E-state index contributed by atoms with van der Waals surface area (Å²) >= 11 is 0. The molecule has 2 aliphatic heterocycles. The van der Waals surface area contributed by atoms with Crippen molar-refractivity contribution in [2.24, 2.45) is 0 Å². The van der Waals surface area contributed by atoms with E-state index in [1.807, 2.05) is 34.1 Å². The topological polar surface area (TPSA) is 40.6 Å². The van der Waals surface area contributed by atoms with Gasteiger partial charge in [-0.2, -0.15) is 0 Å². The van der Waals surface area contributed by atoms with Crippen molar-refractivity contribution < 1.29 is 9.59 Å². The Morgan fingerprint density at radius 2 is 1.77 bits per heavy atom. The first-order valence-corrected chi connectivity index (χ1v) is 9.41. The molecular formula is C22H24N2O2. The Morgan fingerprint density at radius 1 is 1.00 bits per heavy atom. The average molecular weight is 348 g/mol. The highest BCUT2D eigenvalue weighted by Gasteiger charge is 2.24. The molecule has 0 spiro atoms. The van der Waals surface area contributed by atoms with Gasteiger partial charge in [-0.05, 0) is 55.5 Å². The Bertz CT molecular complexity index is 842. The molecule has 2 aliphatic rings. The van der Waals surface area contributed by atoms with Crippen molar-refractivity contribution in [3.63, 3.8) is 0 Å². The quantitative estimate of drug-likeness (QED) is 0.850.